The molecule has 1 heterocycles. The summed E-state index contributed by atoms with van der Waals surface area (Å²) in [5.74, 6) is 1.29. The quantitative estimate of drug-likeness (QED) is 0.233. The van der Waals surface area contributed by atoms with Crippen LogP contribution in [-0.2, 0) is 31.3 Å². The maximum absolute atomic E-state index is 7.50. The van der Waals surface area contributed by atoms with E-state index in [4.69, 9.17) is 14.0 Å². The van der Waals surface area contributed by atoms with Crippen molar-refractivity contribution in [3.05, 3.63) is 158 Å². The van der Waals surface area contributed by atoms with E-state index in [1.165, 1.54) is 33.9 Å². The van der Waals surface area contributed by atoms with Crippen LogP contribution in [0.1, 0.15) is 16.7 Å². The smallest absolute Gasteiger partial charge is 0 e. The molecular weight excluding hydrogens is 467 g/mol. The number of hydrogen-bond acceptors (Lipinski definition) is 0. The molecule has 163 valence electrons. The Morgan fingerprint density at radius 2 is 0.758 bits per heavy atom. The largest absolute Gasteiger partial charge is 0 e. The molecule has 1 fully saturated rings. The minimum Gasteiger partial charge on any atom is 0 e. The Morgan fingerprint density at radius 3 is 1.06 bits per heavy atom. The summed E-state index contributed by atoms with van der Waals surface area (Å²) in [5, 5.41) is 0. The molecule has 0 aromatic heterocycles. The maximum Gasteiger partial charge on any atom is 0 e. The van der Waals surface area contributed by atoms with Crippen molar-refractivity contribution in [2.75, 3.05) is 13.3 Å². The van der Waals surface area contributed by atoms with Crippen molar-refractivity contribution in [1.82, 2.24) is 0 Å². The molecule has 3 nitrogen and oxygen atoms in total. The van der Waals surface area contributed by atoms with Crippen LogP contribution in [0.4, 0.5) is 0 Å². The molecule has 0 amide bonds. The first-order valence-electron chi connectivity index (χ1n) is 9.59. The second-order valence-electron chi connectivity index (χ2n) is 7.07. The Labute approximate surface area is 209 Å². The first-order chi connectivity index (χ1) is 15.7. The van der Waals surface area contributed by atoms with E-state index >= 15 is 0 Å². The summed E-state index contributed by atoms with van der Waals surface area (Å²) >= 11 is 0. The summed E-state index contributed by atoms with van der Waals surface area (Å²) in [6.45, 7) is 18.4. The van der Waals surface area contributed by atoms with Gasteiger partial charge < -0.3 is 0 Å². The van der Waals surface area contributed by atoms with E-state index < -0.39 is 7.26 Å². The Morgan fingerprint density at radius 1 is 0.485 bits per heavy atom. The molecule has 0 aliphatic carbocycles. The van der Waals surface area contributed by atoms with Crippen molar-refractivity contribution < 1.29 is 31.3 Å². The molecular formula is C28H23CrO3P+. The van der Waals surface area contributed by atoms with E-state index in [1.807, 2.05) is 0 Å². The van der Waals surface area contributed by atoms with E-state index in [-0.39, 0.29) is 17.4 Å². The van der Waals surface area contributed by atoms with Gasteiger partial charge >= 0.3 is 33.9 Å². The molecule has 0 bridgehead atoms. The summed E-state index contributed by atoms with van der Waals surface area (Å²) in [6, 6.07) is 32.4. The molecule has 0 unspecified atom stereocenters. The SMILES string of the molecule is C[P+]1(C)[C](c2ccccc2)[CH][C](c2ccccc2)[CH][C]1c1ccccc1.[C-]#[O+].[C-]#[O+].[C-]#[O+].[Cr]. The van der Waals surface area contributed by atoms with Crippen molar-refractivity contribution in [1.29, 1.82) is 0 Å². The molecule has 0 saturated carbocycles. The van der Waals surface area contributed by atoms with Crippen LogP contribution in [0.15, 0.2) is 91.0 Å². The van der Waals surface area contributed by atoms with Crippen molar-refractivity contribution in [2.45, 2.75) is 0 Å². The van der Waals surface area contributed by atoms with E-state index in [2.05, 4.69) is 137 Å². The molecule has 5 heteroatoms. The van der Waals surface area contributed by atoms with Crippen LogP contribution in [0.25, 0.3) is 0 Å². The van der Waals surface area contributed by atoms with Crippen LogP contribution >= 0.6 is 7.26 Å². The first kappa shape index (κ1) is 30.8. The monoisotopic (exact) mass is 490 g/mol. The van der Waals surface area contributed by atoms with E-state index in [9.17, 15) is 0 Å². The zero-order chi connectivity index (χ0) is 24.0. The summed E-state index contributed by atoms with van der Waals surface area (Å²) in [7, 11) is -1.46. The second kappa shape index (κ2) is 16.5. The van der Waals surface area contributed by atoms with Gasteiger partial charge in [0.25, 0.3) is 0 Å². The molecule has 0 N–H and O–H groups in total. The van der Waals surface area contributed by atoms with Crippen LogP contribution in [0.5, 0.6) is 0 Å². The van der Waals surface area contributed by atoms with E-state index in [1.54, 1.807) is 0 Å². The average molecular weight is 490 g/mol. The minimum atomic E-state index is -1.46. The molecule has 4 rings (SSSR count). The van der Waals surface area contributed by atoms with Gasteiger partial charge in [-0.25, -0.2) is 0 Å². The predicted molar refractivity (Wildman–Crippen MR) is 126 cm³/mol. The summed E-state index contributed by atoms with van der Waals surface area (Å²) < 4.78 is 22.5. The van der Waals surface area contributed by atoms with Crippen LogP contribution < -0.4 is 0 Å². The second-order valence-corrected chi connectivity index (χ2v) is 10.9. The molecule has 33 heavy (non-hydrogen) atoms. The van der Waals surface area contributed by atoms with Gasteiger partial charge in [0.1, 0.15) is 0 Å². The molecule has 0 spiro atoms. The molecule has 1 aliphatic heterocycles. The fourth-order valence-corrected chi connectivity index (χ4v) is 6.39. The Balaban J connectivity index is 0.00000136. The van der Waals surface area contributed by atoms with Gasteiger partial charge in [0.15, 0.2) is 11.3 Å². The van der Waals surface area contributed by atoms with Crippen LogP contribution in [-0.4, -0.2) is 13.3 Å². The maximum atomic E-state index is 7.50. The van der Waals surface area contributed by atoms with Gasteiger partial charge in [-0.1, -0.05) is 91.0 Å². The standard InChI is InChI=1S/C25H23P.3CO.Cr/c1-26(2)24(21-14-8-4-9-15-21)18-23(20-12-6-3-7-13-20)19-25(26)22-16-10-5-11-17-22;3*1-2;/h3-19H,1-2H3;;;;/q+1;;;;. The van der Waals surface area contributed by atoms with Gasteiger partial charge in [0.05, 0.1) is 13.3 Å². The predicted octanol–water partition coefficient (Wildman–Crippen LogP) is 6.35. The van der Waals surface area contributed by atoms with Gasteiger partial charge in [0, 0.05) is 43.4 Å². The molecule has 0 atom stereocenters. The van der Waals surface area contributed by atoms with Crippen molar-refractivity contribution in [3.63, 3.8) is 0 Å². The molecule has 3 aromatic carbocycles. The molecule has 3 aromatic rings. The zero-order valence-corrected chi connectivity index (χ0v) is 20.6. The van der Waals surface area contributed by atoms with Crippen LogP contribution in [0, 0.1) is 50.0 Å². The van der Waals surface area contributed by atoms with Crippen molar-refractivity contribution in [3.8, 4) is 0 Å². The third kappa shape index (κ3) is 7.98. The minimum absolute atomic E-state index is 0. The molecule has 5 radical (unpaired) electrons. The van der Waals surface area contributed by atoms with Gasteiger partial charge in [-0.05, 0) is 16.7 Å². The summed E-state index contributed by atoms with van der Waals surface area (Å²) in [4.78, 5) is 0. The van der Waals surface area contributed by atoms with Gasteiger partial charge in [-0.2, -0.15) is 0 Å². The number of rotatable bonds is 3. The van der Waals surface area contributed by atoms with Gasteiger partial charge in [0.2, 0.25) is 0 Å². The van der Waals surface area contributed by atoms with Crippen molar-refractivity contribution in [2.24, 2.45) is 0 Å². The first-order valence-corrected chi connectivity index (χ1v) is 12.3. The Kier molecular flexibility index (Phi) is 15.4. The van der Waals surface area contributed by atoms with E-state index in [0.717, 1.165) is 0 Å². The normalized spacial score (nSPS) is 14.9. The Bertz CT molecular complexity index is 904. The van der Waals surface area contributed by atoms with Crippen LogP contribution in [0.3, 0.4) is 0 Å². The zero-order valence-electron chi connectivity index (χ0n) is 18.4. The fourth-order valence-electron chi connectivity index (χ4n) is 3.62. The summed E-state index contributed by atoms with van der Waals surface area (Å²) in [5.41, 5.74) is 6.88. The molecule has 1 aliphatic rings. The number of hydrogen-bond donors (Lipinski definition) is 0. The third-order valence-electron chi connectivity index (χ3n) is 5.04. The third-order valence-corrected chi connectivity index (χ3v) is 8.22. The Hall–Kier alpha value is -2.16. The topological polar surface area (TPSA) is 59.7 Å². The van der Waals surface area contributed by atoms with Gasteiger partial charge in [-0.15, -0.1) is 0 Å². The summed E-state index contributed by atoms with van der Waals surface area (Å²) in [6.07, 6.45) is 4.82. The average Bonchev–Trinajstić information content (AvgIpc) is 2.89. The molecule has 1 saturated heterocycles. The number of benzene rings is 3. The van der Waals surface area contributed by atoms with E-state index in [0.29, 0.717) is 0 Å². The van der Waals surface area contributed by atoms with Crippen LogP contribution in [0.2, 0.25) is 0 Å². The van der Waals surface area contributed by atoms with Crippen molar-refractivity contribution >= 4 is 7.26 Å². The fraction of sp³-hybridized carbons (Fsp3) is 0.0714. The van der Waals surface area contributed by atoms with Gasteiger partial charge in [-0.3, -0.25) is 0 Å².